The molecule has 4 rings (SSSR count). The van der Waals surface area contributed by atoms with Gasteiger partial charge in [-0.2, -0.15) is 0 Å². The van der Waals surface area contributed by atoms with E-state index in [4.69, 9.17) is 0 Å². The van der Waals surface area contributed by atoms with Gasteiger partial charge < -0.3 is 10.2 Å². The van der Waals surface area contributed by atoms with Crippen molar-refractivity contribution in [2.75, 3.05) is 25.0 Å². The average molecular weight is 512 g/mol. The minimum Gasteiger partial charge on any atom is -0.342 e. The van der Waals surface area contributed by atoms with Gasteiger partial charge in [0.2, 0.25) is 21.8 Å². The molecule has 1 aliphatic carbocycles. The zero-order valence-corrected chi connectivity index (χ0v) is 21.8. The fourth-order valence-electron chi connectivity index (χ4n) is 5.41. The van der Waals surface area contributed by atoms with Crippen LogP contribution in [0.15, 0.2) is 59.5 Å². The summed E-state index contributed by atoms with van der Waals surface area (Å²) in [6.45, 7) is 3.47. The van der Waals surface area contributed by atoms with Gasteiger partial charge in [-0.1, -0.05) is 30.3 Å². The van der Waals surface area contributed by atoms with E-state index in [0.29, 0.717) is 18.2 Å². The van der Waals surface area contributed by atoms with Crippen LogP contribution in [0.3, 0.4) is 0 Å². The molecule has 2 N–H and O–H groups in total. The summed E-state index contributed by atoms with van der Waals surface area (Å²) in [5.74, 6) is 1.02. The number of nitrogens with zero attached hydrogens (tertiary/aromatic N) is 1. The van der Waals surface area contributed by atoms with Gasteiger partial charge in [0.05, 0.1) is 4.90 Å². The van der Waals surface area contributed by atoms with Gasteiger partial charge >= 0.3 is 0 Å². The minimum absolute atomic E-state index is 0.0600. The van der Waals surface area contributed by atoms with Gasteiger partial charge in [-0.15, -0.1) is 0 Å². The first-order chi connectivity index (χ1) is 17.3. The third-order valence-electron chi connectivity index (χ3n) is 7.54. The van der Waals surface area contributed by atoms with Crippen molar-refractivity contribution in [1.82, 2.24) is 9.62 Å². The lowest BCUT2D eigenvalue weighted by molar-refractivity contribution is -0.138. The van der Waals surface area contributed by atoms with Crippen molar-refractivity contribution in [1.29, 1.82) is 0 Å². The summed E-state index contributed by atoms with van der Waals surface area (Å²) in [5, 5.41) is 2.63. The Labute approximate surface area is 214 Å². The SMILES string of the molecule is CC(=O)Nc1ccc(S(=O)(=O)NCC2CCC(C(=O)N3CCC(Cc4ccccc4)CC3)CC2)cc1. The highest BCUT2D eigenvalue weighted by molar-refractivity contribution is 7.89. The first-order valence-electron chi connectivity index (χ1n) is 13.0. The van der Waals surface area contributed by atoms with Crippen molar-refractivity contribution in [3.8, 4) is 0 Å². The van der Waals surface area contributed by atoms with Gasteiger partial charge in [-0.3, -0.25) is 9.59 Å². The second kappa shape index (κ2) is 12.0. The molecule has 7 nitrogen and oxygen atoms in total. The van der Waals surface area contributed by atoms with Crippen LogP contribution >= 0.6 is 0 Å². The Hall–Kier alpha value is -2.71. The normalized spacial score (nSPS) is 21.2. The van der Waals surface area contributed by atoms with Crippen LogP contribution in [-0.4, -0.2) is 44.8 Å². The first kappa shape index (κ1) is 26.4. The second-order valence-corrected chi connectivity index (χ2v) is 12.0. The first-order valence-corrected chi connectivity index (χ1v) is 14.5. The molecule has 0 atom stereocenters. The minimum atomic E-state index is -3.62. The van der Waals surface area contributed by atoms with E-state index in [2.05, 4.69) is 39.2 Å². The quantitative estimate of drug-likeness (QED) is 0.555. The van der Waals surface area contributed by atoms with Crippen LogP contribution in [0, 0.1) is 17.8 Å². The zero-order chi connectivity index (χ0) is 25.5. The molecule has 8 heteroatoms. The average Bonchev–Trinajstić information content (AvgIpc) is 2.88. The van der Waals surface area contributed by atoms with Crippen LogP contribution in [0.5, 0.6) is 0 Å². The van der Waals surface area contributed by atoms with Gasteiger partial charge in [-0.25, -0.2) is 13.1 Å². The maximum Gasteiger partial charge on any atom is 0.240 e. The van der Waals surface area contributed by atoms with Crippen molar-refractivity contribution < 1.29 is 18.0 Å². The van der Waals surface area contributed by atoms with Gasteiger partial charge in [-0.05, 0) is 86.6 Å². The predicted molar refractivity (Wildman–Crippen MR) is 141 cm³/mol. The van der Waals surface area contributed by atoms with Crippen LogP contribution in [0.2, 0.25) is 0 Å². The fraction of sp³-hybridized carbons (Fsp3) is 0.500. The summed E-state index contributed by atoms with van der Waals surface area (Å²) >= 11 is 0. The third kappa shape index (κ3) is 7.17. The van der Waals surface area contributed by atoms with Crippen LogP contribution in [0.4, 0.5) is 5.69 Å². The van der Waals surface area contributed by atoms with E-state index in [1.165, 1.54) is 24.6 Å². The smallest absolute Gasteiger partial charge is 0.240 e. The van der Waals surface area contributed by atoms with Gasteiger partial charge in [0.15, 0.2) is 0 Å². The molecule has 194 valence electrons. The molecule has 1 saturated carbocycles. The Bertz CT molecular complexity index is 1120. The number of sulfonamides is 1. The zero-order valence-electron chi connectivity index (χ0n) is 21.0. The van der Waals surface area contributed by atoms with E-state index >= 15 is 0 Å². The van der Waals surface area contributed by atoms with Crippen molar-refractivity contribution in [3.05, 3.63) is 60.2 Å². The molecule has 0 radical (unpaired) electrons. The van der Waals surface area contributed by atoms with E-state index < -0.39 is 10.0 Å². The van der Waals surface area contributed by atoms with E-state index in [1.807, 2.05) is 6.07 Å². The van der Waals surface area contributed by atoms with Crippen molar-refractivity contribution >= 4 is 27.5 Å². The third-order valence-corrected chi connectivity index (χ3v) is 8.98. The summed E-state index contributed by atoms with van der Waals surface area (Å²) in [7, 11) is -3.62. The van der Waals surface area contributed by atoms with Gasteiger partial charge in [0.25, 0.3) is 0 Å². The second-order valence-electron chi connectivity index (χ2n) is 10.2. The number of benzene rings is 2. The number of amides is 2. The number of carbonyl (C=O) groups is 2. The van der Waals surface area contributed by atoms with Gasteiger partial charge in [0.1, 0.15) is 0 Å². The lowest BCUT2D eigenvalue weighted by atomic mass is 9.81. The summed E-state index contributed by atoms with van der Waals surface area (Å²) < 4.78 is 28.1. The molecule has 2 fully saturated rings. The Balaban J connectivity index is 1.18. The van der Waals surface area contributed by atoms with Crippen LogP contribution in [0.25, 0.3) is 0 Å². The molecular formula is C28H37N3O4S. The number of hydrogen-bond acceptors (Lipinski definition) is 4. The molecule has 0 aromatic heterocycles. The summed E-state index contributed by atoms with van der Waals surface area (Å²) in [5.41, 5.74) is 1.93. The number of anilines is 1. The van der Waals surface area contributed by atoms with Crippen molar-refractivity contribution in [2.45, 2.75) is 56.8 Å². The standard InChI is InChI=1S/C28H37N3O4S/c1-21(32)30-26-11-13-27(14-12-26)36(34,35)29-20-24-7-9-25(10-8-24)28(33)31-17-15-23(16-18-31)19-22-5-3-2-4-6-22/h2-6,11-14,23-25,29H,7-10,15-20H2,1H3,(H,30,32). The molecule has 2 amide bonds. The lowest BCUT2D eigenvalue weighted by Crippen LogP contribution is -2.43. The van der Waals surface area contributed by atoms with Crippen molar-refractivity contribution in [2.24, 2.45) is 17.8 Å². The molecule has 2 aromatic rings. The lowest BCUT2D eigenvalue weighted by Gasteiger charge is -2.36. The molecule has 1 saturated heterocycles. The molecule has 1 heterocycles. The van der Waals surface area contributed by atoms with E-state index in [1.54, 1.807) is 12.1 Å². The fourth-order valence-corrected chi connectivity index (χ4v) is 6.52. The molecule has 0 bridgehead atoms. The number of piperidine rings is 1. The maximum atomic E-state index is 13.1. The number of hydrogen-bond donors (Lipinski definition) is 2. The molecule has 36 heavy (non-hydrogen) atoms. The summed E-state index contributed by atoms with van der Waals surface area (Å²) in [4.78, 5) is 26.5. The topological polar surface area (TPSA) is 95.6 Å². The van der Waals surface area contributed by atoms with Crippen molar-refractivity contribution in [3.63, 3.8) is 0 Å². The number of likely N-dealkylation sites (tertiary alicyclic amines) is 1. The van der Waals surface area contributed by atoms with Crippen LogP contribution < -0.4 is 10.0 Å². The summed E-state index contributed by atoms with van der Waals surface area (Å²) in [6.07, 6.45) is 6.55. The molecule has 2 aromatic carbocycles. The van der Waals surface area contributed by atoms with E-state index in [9.17, 15) is 18.0 Å². The molecular weight excluding hydrogens is 474 g/mol. The van der Waals surface area contributed by atoms with E-state index in [0.717, 1.165) is 58.0 Å². The summed E-state index contributed by atoms with van der Waals surface area (Å²) in [6, 6.07) is 16.7. The van der Waals surface area contributed by atoms with Crippen LogP contribution in [-0.2, 0) is 26.0 Å². The maximum absolute atomic E-state index is 13.1. The highest BCUT2D eigenvalue weighted by Crippen LogP contribution is 2.31. The predicted octanol–water partition coefficient (Wildman–Crippen LogP) is 4.21. The molecule has 0 unspecified atom stereocenters. The Morgan fingerprint density at radius 3 is 2.11 bits per heavy atom. The number of rotatable bonds is 8. The number of nitrogens with one attached hydrogen (secondary N) is 2. The highest BCUT2D eigenvalue weighted by Gasteiger charge is 2.32. The monoisotopic (exact) mass is 511 g/mol. The van der Waals surface area contributed by atoms with Crippen LogP contribution in [0.1, 0.15) is 51.0 Å². The molecule has 2 aliphatic rings. The largest absolute Gasteiger partial charge is 0.342 e. The Kier molecular flexibility index (Phi) is 8.80. The van der Waals surface area contributed by atoms with Gasteiger partial charge in [0, 0.05) is 38.2 Å². The Morgan fingerprint density at radius 2 is 1.50 bits per heavy atom. The molecule has 0 spiro atoms. The number of carbonyl (C=O) groups excluding carboxylic acids is 2. The molecule has 1 aliphatic heterocycles. The Morgan fingerprint density at radius 1 is 0.861 bits per heavy atom. The van der Waals surface area contributed by atoms with E-state index in [-0.39, 0.29) is 28.5 Å². The highest BCUT2D eigenvalue weighted by atomic mass is 32.2.